The second-order valence-corrected chi connectivity index (χ2v) is 6.92. The van der Waals surface area contributed by atoms with Gasteiger partial charge in [0.2, 0.25) is 0 Å². The van der Waals surface area contributed by atoms with Gasteiger partial charge in [0.25, 0.3) is 0 Å². The lowest BCUT2D eigenvalue weighted by Crippen LogP contribution is -2.47. The standard InChI is InChI=1S/C20H23N3O4S/c1-3-26-15-9-6-5-8-13(15)21-12-14-17(19(24)27-4-2)18(23-20(25)22-14)16-10-7-11-28-16/h5-11,18,21H,3-4,12H2,1-2H3,(H2,22,23,25)/t18-/m0/s1. The molecule has 148 valence electrons. The van der Waals surface area contributed by atoms with Crippen molar-refractivity contribution in [3.05, 3.63) is 57.9 Å². The van der Waals surface area contributed by atoms with E-state index in [2.05, 4.69) is 16.0 Å². The van der Waals surface area contributed by atoms with Crippen LogP contribution < -0.4 is 20.7 Å². The Kier molecular flexibility index (Phi) is 6.54. The molecule has 8 heteroatoms. The fraction of sp³-hybridized carbons (Fsp3) is 0.300. The highest BCUT2D eigenvalue weighted by molar-refractivity contribution is 7.10. The van der Waals surface area contributed by atoms with E-state index in [1.165, 1.54) is 11.3 Å². The molecule has 3 rings (SSSR count). The second-order valence-electron chi connectivity index (χ2n) is 5.94. The fourth-order valence-corrected chi connectivity index (χ4v) is 3.74. The van der Waals surface area contributed by atoms with Gasteiger partial charge < -0.3 is 25.4 Å². The molecule has 0 aliphatic carbocycles. The minimum Gasteiger partial charge on any atom is -0.492 e. The number of carbonyl (C=O) groups is 2. The first kappa shape index (κ1) is 19.8. The van der Waals surface area contributed by atoms with Crippen LogP contribution in [0.15, 0.2) is 53.0 Å². The zero-order chi connectivity index (χ0) is 19.9. The van der Waals surface area contributed by atoms with Crippen LogP contribution in [0.25, 0.3) is 0 Å². The maximum atomic E-state index is 12.7. The van der Waals surface area contributed by atoms with Gasteiger partial charge in [-0.3, -0.25) is 0 Å². The number of urea groups is 1. The SMILES string of the molecule is CCOC(=O)C1=C(CNc2ccccc2OCC)NC(=O)N[C@H]1c1cccs1. The average Bonchev–Trinajstić information content (AvgIpc) is 3.22. The molecule has 1 aromatic carbocycles. The maximum absolute atomic E-state index is 12.7. The van der Waals surface area contributed by atoms with Crippen LogP contribution in [0.1, 0.15) is 24.8 Å². The van der Waals surface area contributed by atoms with Crippen molar-refractivity contribution in [1.29, 1.82) is 0 Å². The summed E-state index contributed by atoms with van der Waals surface area (Å²) < 4.78 is 10.9. The minimum atomic E-state index is -0.549. The molecule has 0 spiro atoms. The number of para-hydroxylation sites is 2. The van der Waals surface area contributed by atoms with Gasteiger partial charge >= 0.3 is 12.0 Å². The van der Waals surface area contributed by atoms with E-state index >= 15 is 0 Å². The third-order valence-electron chi connectivity index (χ3n) is 4.12. The topological polar surface area (TPSA) is 88.7 Å². The summed E-state index contributed by atoms with van der Waals surface area (Å²) in [6, 6.07) is 10.4. The first-order valence-electron chi connectivity index (χ1n) is 9.10. The van der Waals surface area contributed by atoms with E-state index in [0.29, 0.717) is 23.6 Å². The fourth-order valence-electron chi connectivity index (χ4n) is 2.95. The molecule has 2 heterocycles. The van der Waals surface area contributed by atoms with Gasteiger partial charge in [-0.1, -0.05) is 18.2 Å². The predicted octanol–water partition coefficient (Wildman–Crippen LogP) is 3.43. The molecule has 2 aromatic rings. The lowest BCUT2D eigenvalue weighted by Gasteiger charge is -2.29. The summed E-state index contributed by atoms with van der Waals surface area (Å²) in [7, 11) is 0. The highest BCUT2D eigenvalue weighted by Crippen LogP contribution is 2.31. The van der Waals surface area contributed by atoms with Crippen molar-refractivity contribution in [3.63, 3.8) is 0 Å². The first-order chi connectivity index (χ1) is 13.6. The van der Waals surface area contributed by atoms with E-state index in [-0.39, 0.29) is 19.2 Å². The Bertz CT molecular complexity index is 864. The summed E-state index contributed by atoms with van der Waals surface area (Å²) in [4.78, 5) is 25.8. The van der Waals surface area contributed by atoms with Crippen LogP contribution in [0.5, 0.6) is 5.75 Å². The van der Waals surface area contributed by atoms with Gasteiger partial charge in [-0.2, -0.15) is 0 Å². The third kappa shape index (κ3) is 4.45. The van der Waals surface area contributed by atoms with Crippen LogP contribution in [0.4, 0.5) is 10.5 Å². The molecule has 0 saturated heterocycles. The molecule has 0 radical (unpaired) electrons. The molecule has 1 aromatic heterocycles. The number of hydrogen-bond acceptors (Lipinski definition) is 6. The maximum Gasteiger partial charge on any atom is 0.338 e. The summed E-state index contributed by atoms with van der Waals surface area (Å²) in [6.45, 7) is 4.70. The van der Waals surface area contributed by atoms with Crippen molar-refractivity contribution in [2.75, 3.05) is 25.1 Å². The largest absolute Gasteiger partial charge is 0.492 e. The first-order valence-corrected chi connectivity index (χ1v) is 9.98. The van der Waals surface area contributed by atoms with Gasteiger partial charge in [0.1, 0.15) is 5.75 Å². The number of hydrogen-bond donors (Lipinski definition) is 3. The van der Waals surface area contributed by atoms with E-state index in [9.17, 15) is 9.59 Å². The molecule has 0 fully saturated rings. The lowest BCUT2D eigenvalue weighted by atomic mass is 10.0. The molecule has 1 aliphatic rings. The summed E-state index contributed by atoms with van der Waals surface area (Å²) in [5.74, 6) is 0.252. The Hall–Kier alpha value is -3.00. The van der Waals surface area contributed by atoms with E-state index in [1.54, 1.807) is 6.92 Å². The number of anilines is 1. The zero-order valence-electron chi connectivity index (χ0n) is 15.8. The van der Waals surface area contributed by atoms with E-state index < -0.39 is 12.0 Å². The summed E-state index contributed by atoms with van der Waals surface area (Å²) in [5.41, 5.74) is 1.65. The van der Waals surface area contributed by atoms with Crippen molar-refractivity contribution >= 4 is 29.0 Å². The van der Waals surface area contributed by atoms with Gasteiger partial charge in [-0.15, -0.1) is 11.3 Å². The highest BCUT2D eigenvalue weighted by Gasteiger charge is 2.34. The number of nitrogens with one attached hydrogen (secondary N) is 3. The normalized spacial score (nSPS) is 16.2. The van der Waals surface area contributed by atoms with Crippen molar-refractivity contribution in [1.82, 2.24) is 10.6 Å². The Labute approximate surface area is 167 Å². The number of amides is 2. The number of esters is 1. The summed E-state index contributed by atoms with van der Waals surface area (Å²) >= 11 is 1.47. The molecule has 0 unspecified atom stereocenters. The van der Waals surface area contributed by atoms with Crippen LogP contribution in [0.3, 0.4) is 0 Å². The molecule has 7 nitrogen and oxygen atoms in total. The second kappa shape index (κ2) is 9.27. The van der Waals surface area contributed by atoms with Crippen molar-refractivity contribution in [2.24, 2.45) is 0 Å². The number of benzene rings is 1. The highest BCUT2D eigenvalue weighted by atomic mass is 32.1. The van der Waals surface area contributed by atoms with E-state index in [1.807, 2.05) is 48.7 Å². The van der Waals surface area contributed by atoms with Gasteiger partial charge in [0.05, 0.1) is 42.8 Å². The quantitative estimate of drug-likeness (QED) is 0.590. The van der Waals surface area contributed by atoms with Gasteiger partial charge in [-0.05, 0) is 37.4 Å². The lowest BCUT2D eigenvalue weighted by molar-refractivity contribution is -0.139. The number of ether oxygens (including phenoxy) is 2. The molecular formula is C20H23N3O4S. The average molecular weight is 401 g/mol. The predicted molar refractivity (Wildman–Crippen MR) is 108 cm³/mol. The summed E-state index contributed by atoms with van der Waals surface area (Å²) in [6.07, 6.45) is 0. The van der Waals surface area contributed by atoms with Gasteiger partial charge in [0, 0.05) is 4.88 Å². The molecular weight excluding hydrogens is 378 g/mol. The molecule has 1 atom stereocenters. The van der Waals surface area contributed by atoms with Crippen molar-refractivity contribution in [3.8, 4) is 5.75 Å². The van der Waals surface area contributed by atoms with Crippen molar-refractivity contribution in [2.45, 2.75) is 19.9 Å². The minimum absolute atomic E-state index is 0.244. The molecule has 1 aliphatic heterocycles. The smallest absolute Gasteiger partial charge is 0.338 e. The Morgan fingerprint density at radius 2 is 2.00 bits per heavy atom. The monoisotopic (exact) mass is 401 g/mol. The Morgan fingerprint density at radius 3 is 2.71 bits per heavy atom. The van der Waals surface area contributed by atoms with Crippen LogP contribution in [-0.4, -0.2) is 31.8 Å². The van der Waals surface area contributed by atoms with E-state index in [4.69, 9.17) is 9.47 Å². The van der Waals surface area contributed by atoms with Gasteiger partial charge in [-0.25, -0.2) is 9.59 Å². The Balaban J connectivity index is 1.92. The van der Waals surface area contributed by atoms with E-state index in [0.717, 1.165) is 10.6 Å². The molecule has 3 N–H and O–H groups in total. The molecule has 2 amide bonds. The molecule has 0 bridgehead atoms. The van der Waals surface area contributed by atoms with Gasteiger partial charge in [0.15, 0.2) is 0 Å². The number of rotatable bonds is 8. The van der Waals surface area contributed by atoms with Crippen LogP contribution in [0.2, 0.25) is 0 Å². The Morgan fingerprint density at radius 1 is 1.18 bits per heavy atom. The zero-order valence-corrected chi connectivity index (χ0v) is 16.6. The molecule has 0 saturated carbocycles. The molecule has 28 heavy (non-hydrogen) atoms. The number of thiophene rings is 1. The third-order valence-corrected chi connectivity index (χ3v) is 5.06. The number of carbonyl (C=O) groups excluding carboxylic acids is 2. The van der Waals surface area contributed by atoms with Crippen LogP contribution in [-0.2, 0) is 9.53 Å². The van der Waals surface area contributed by atoms with Crippen molar-refractivity contribution < 1.29 is 19.1 Å². The van der Waals surface area contributed by atoms with Crippen LogP contribution >= 0.6 is 11.3 Å². The van der Waals surface area contributed by atoms with Crippen LogP contribution in [0, 0.1) is 0 Å². The summed E-state index contributed by atoms with van der Waals surface area (Å²) in [5, 5.41) is 10.7.